The molecular formula is C17H22N2O. The summed E-state index contributed by atoms with van der Waals surface area (Å²) >= 11 is 0. The van der Waals surface area contributed by atoms with Crippen molar-refractivity contribution in [2.24, 2.45) is 0 Å². The van der Waals surface area contributed by atoms with Gasteiger partial charge in [-0.15, -0.1) is 0 Å². The number of benzene rings is 1. The molecular weight excluding hydrogens is 248 g/mol. The van der Waals surface area contributed by atoms with Gasteiger partial charge >= 0.3 is 0 Å². The number of rotatable bonds is 5. The summed E-state index contributed by atoms with van der Waals surface area (Å²) in [6, 6.07) is 10.0. The van der Waals surface area contributed by atoms with Gasteiger partial charge in [-0.1, -0.05) is 24.6 Å². The van der Waals surface area contributed by atoms with Gasteiger partial charge in [-0.3, -0.25) is 4.79 Å². The van der Waals surface area contributed by atoms with E-state index in [1.54, 1.807) is 6.07 Å². The van der Waals surface area contributed by atoms with Gasteiger partial charge in [0.25, 0.3) is 0 Å². The van der Waals surface area contributed by atoms with Crippen LogP contribution in [0.25, 0.3) is 5.69 Å². The summed E-state index contributed by atoms with van der Waals surface area (Å²) in [5.41, 5.74) is 4.19. The number of nitrogens with one attached hydrogen (secondary N) is 1. The maximum absolute atomic E-state index is 12.0. The lowest BCUT2D eigenvalue weighted by atomic mass is 10.2. The molecule has 1 heterocycles. The highest BCUT2D eigenvalue weighted by Gasteiger charge is 2.05. The molecule has 0 saturated heterocycles. The third-order valence-electron chi connectivity index (χ3n) is 3.38. The molecule has 0 fully saturated rings. The minimum Gasteiger partial charge on any atom is -0.321 e. The van der Waals surface area contributed by atoms with E-state index < -0.39 is 0 Å². The molecule has 0 aliphatic heterocycles. The highest BCUT2D eigenvalue weighted by molar-refractivity contribution is 5.37. The molecule has 0 bridgehead atoms. The molecule has 0 aliphatic carbocycles. The Morgan fingerprint density at radius 1 is 1.15 bits per heavy atom. The Kier molecular flexibility index (Phi) is 4.74. The molecule has 20 heavy (non-hydrogen) atoms. The molecule has 1 N–H and O–H groups in total. The molecule has 106 valence electrons. The maximum atomic E-state index is 12.0. The average molecular weight is 270 g/mol. The predicted molar refractivity (Wildman–Crippen MR) is 83.5 cm³/mol. The molecule has 1 aromatic carbocycles. The number of hydrogen-bond donors (Lipinski definition) is 1. The normalized spacial score (nSPS) is 10.8. The van der Waals surface area contributed by atoms with Gasteiger partial charge in [-0.25, -0.2) is 0 Å². The van der Waals surface area contributed by atoms with Gasteiger partial charge in [-0.05, 0) is 38.9 Å². The molecule has 0 saturated carbocycles. The Bertz CT molecular complexity index is 626. The zero-order valence-electron chi connectivity index (χ0n) is 12.4. The monoisotopic (exact) mass is 270 g/mol. The molecule has 3 heteroatoms. The van der Waals surface area contributed by atoms with Crippen LogP contribution in [-0.4, -0.2) is 11.1 Å². The fourth-order valence-corrected chi connectivity index (χ4v) is 2.19. The second kappa shape index (κ2) is 6.53. The zero-order valence-corrected chi connectivity index (χ0v) is 12.4. The molecule has 0 atom stereocenters. The Labute approximate surface area is 120 Å². The molecule has 0 radical (unpaired) electrons. The molecule has 3 nitrogen and oxygen atoms in total. The molecule has 0 amide bonds. The lowest BCUT2D eigenvalue weighted by molar-refractivity contribution is 0.668. The first-order valence-corrected chi connectivity index (χ1v) is 7.11. The standard InChI is InChI=1S/C17H22N2O/c1-4-9-18-11-15-12-19(14(3)10-17(15)20)16-7-5-13(2)6-8-16/h5-8,10,12,18H,4,9,11H2,1-3H3. The van der Waals surface area contributed by atoms with E-state index in [4.69, 9.17) is 0 Å². The second-order valence-corrected chi connectivity index (χ2v) is 5.19. The predicted octanol–water partition coefficient (Wildman–Crippen LogP) is 2.95. The van der Waals surface area contributed by atoms with Crippen LogP contribution in [0.15, 0.2) is 41.3 Å². The summed E-state index contributed by atoms with van der Waals surface area (Å²) in [7, 11) is 0. The third kappa shape index (κ3) is 3.36. The fourth-order valence-electron chi connectivity index (χ4n) is 2.19. The minimum absolute atomic E-state index is 0.106. The molecule has 1 aromatic heterocycles. The number of aryl methyl sites for hydroxylation is 2. The summed E-state index contributed by atoms with van der Waals surface area (Å²) in [4.78, 5) is 12.0. The lowest BCUT2D eigenvalue weighted by Gasteiger charge is -2.13. The third-order valence-corrected chi connectivity index (χ3v) is 3.38. The zero-order chi connectivity index (χ0) is 14.5. The number of aromatic nitrogens is 1. The van der Waals surface area contributed by atoms with Crippen LogP contribution < -0.4 is 10.7 Å². The van der Waals surface area contributed by atoms with Crippen molar-refractivity contribution in [3.05, 3.63) is 63.6 Å². The summed E-state index contributed by atoms with van der Waals surface area (Å²) in [5.74, 6) is 0. The van der Waals surface area contributed by atoms with Gasteiger partial charge in [0.05, 0.1) is 0 Å². The van der Waals surface area contributed by atoms with Crippen molar-refractivity contribution in [1.29, 1.82) is 0 Å². The quantitative estimate of drug-likeness (QED) is 0.848. The van der Waals surface area contributed by atoms with Crippen molar-refractivity contribution in [2.75, 3.05) is 6.54 Å². The summed E-state index contributed by atoms with van der Waals surface area (Å²) in [6.07, 6.45) is 3.02. The number of pyridine rings is 1. The Morgan fingerprint density at radius 2 is 1.85 bits per heavy atom. The highest BCUT2D eigenvalue weighted by atomic mass is 16.1. The van der Waals surface area contributed by atoms with Gasteiger partial charge in [0.15, 0.2) is 5.43 Å². The summed E-state index contributed by atoms with van der Waals surface area (Å²) in [5, 5.41) is 3.29. The first-order valence-electron chi connectivity index (χ1n) is 7.11. The summed E-state index contributed by atoms with van der Waals surface area (Å²) < 4.78 is 2.07. The van der Waals surface area contributed by atoms with Crippen LogP contribution in [0.2, 0.25) is 0 Å². The van der Waals surface area contributed by atoms with Crippen molar-refractivity contribution < 1.29 is 0 Å². The van der Waals surface area contributed by atoms with Crippen LogP contribution in [-0.2, 0) is 6.54 Å². The number of hydrogen-bond acceptors (Lipinski definition) is 2. The Balaban J connectivity index is 2.35. The smallest absolute Gasteiger partial charge is 0.186 e. The lowest BCUT2D eigenvalue weighted by Crippen LogP contribution is -2.22. The molecule has 2 aromatic rings. The molecule has 2 rings (SSSR count). The van der Waals surface area contributed by atoms with Crippen molar-refractivity contribution >= 4 is 0 Å². The van der Waals surface area contributed by atoms with E-state index in [1.165, 1.54) is 5.56 Å². The van der Waals surface area contributed by atoms with Crippen molar-refractivity contribution in [3.63, 3.8) is 0 Å². The second-order valence-electron chi connectivity index (χ2n) is 5.19. The largest absolute Gasteiger partial charge is 0.321 e. The van der Waals surface area contributed by atoms with E-state index in [1.807, 2.05) is 13.1 Å². The minimum atomic E-state index is 0.106. The van der Waals surface area contributed by atoms with Crippen LogP contribution in [0, 0.1) is 13.8 Å². The number of nitrogens with zero attached hydrogens (tertiary/aromatic N) is 1. The molecule has 0 unspecified atom stereocenters. The van der Waals surface area contributed by atoms with Gasteiger partial charge in [-0.2, -0.15) is 0 Å². The van der Waals surface area contributed by atoms with Crippen molar-refractivity contribution in [2.45, 2.75) is 33.7 Å². The molecule has 0 spiro atoms. The van der Waals surface area contributed by atoms with Crippen LogP contribution in [0.3, 0.4) is 0 Å². The van der Waals surface area contributed by atoms with Gasteiger partial charge in [0.1, 0.15) is 0 Å². The highest BCUT2D eigenvalue weighted by Crippen LogP contribution is 2.12. The Morgan fingerprint density at radius 3 is 2.50 bits per heavy atom. The average Bonchev–Trinajstić information content (AvgIpc) is 2.43. The van der Waals surface area contributed by atoms with Crippen LogP contribution >= 0.6 is 0 Å². The van der Waals surface area contributed by atoms with E-state index in [-0.39, 0.29) is 5.43 Å². The van der Waals surface area contributed by atoms with Gasteiger partial charge < -0.3 is 9.88 Å². The van der Waals surface area contributed by atoms with E-state index >= 15 is 0 Å². The van der Waals surface area contributed by atoms with Gasteiger partial charge in [0, 0.05) is 35.8 Å². The maximum Gasteiger partial charge on any atom is 0.186 e. The van der Waals surface area contributed by atoms with Crippen LogP contribution in [0.4, 0.5) is 0 Å². The Hall–Kier alpha value is -1.87. The van der Waals surface area contributed by atoms with Crippen molar-refractivity contribution in [3.8, 4) is 5.69 Å². The van der Waals surface area contributed by atoms with E-state index in [0.29, 0.717) is 6.54 Å². The fraction of sp³-hybridized carbons (Fsp3) is 0.353. The topological polar surface area (TPSA) is 34.0 Å². The summed E-state index contributed by atoms with van der Waals surface area (Å²) in [6.45, 7) is 7.70. The van der Waals surface area contributed by atoms with Crippen LogP contribution in [0.1, 0.15) is 30.2 Å². The van der Waals surface area contributed by atoms with Crippen LogP contribution in [0.5, 0.6) is 0 Å². The van der Waals surface area contributed by atoms with Gasteiger partial charge in [0.2, 0.25) is 0 Å². The molecule has 0 aliphatic rings. The van der Waals surface area contributed by atoms with E-state index in [2.05, 4.69) is 48.0 Å². The SMILES string of the molecule is CCCNCc1cn(-c2ccc(C)cc2)c(C)cc1=O. The first-order chi connectivity index (χ1) is 9.61. The van der Waals surface area contributed by atoms with E-state index in [0.717, 1.165) is 29.9 Å². The first kappa shape index (κ1) is 14.5. The van der Waals surface area contributed by atoms with E-state index in [9.17, 15) is 4.79 Å². The van der Waals surface area contributed by atoms with Crippen molar-refractivity contribution in [1.82, 2.24) is 9.88 Å².